The van der Waals surface area contributed by atoms with Gasteiger partial charge in [-0.3, -0.25) is 0 Å². The topological polar surface area (TPSA) is 13.1 Å². The van der Waals surface area contributed by atoms with Crippen LogP contribution in [0.1, 0.15) is 25.3 Å². The molecule has 1 aromatic carbocycles. The van der Waals surface area contributed by atoms with Crippen molar-refractivity contribution in [2.24, 2.45) is 0 Å². The Labute approximate surface area is 72.0 Å². The third-order valence-electron chi connectivity index (χ3n) is 2.08. The summed E-state index contributed by atoms with van der Waals surface area (Å²) in [7, 11) is 0. The smallest absolute Gasteiger partial charge is 0.170 e. The van der Waals surface area contributed by atoms with Crippen molar-refractivity contribution in [3.05, 3.63) is 36.1 Å². The number of furan rings is 1. The van der Waals surface area contributed by atoms with E-state index in [1.807, 2.05) is 12.1 Å². The molecule has 0 spiro atoms. The van der Waals surface area contributed by atoms with Crippen molar-refractivity contribution in [1.29, 1.82) is 0 Å². The highest BCUT2D eigenvalue weighted by Gasteiger charge is 2.01. The lowest BCUT2D eigenvalue weighted by Gasteiger charge is -2.03. The van der Waals surface area contributed by atoms with Crippen molar-refractivity contribution in [3.63, 3.8) is 0 Å². The lowest BCUT2D eigenvalue weighted by atomic mass is 10.0. The number of hydrogen-bond donors (Lipinski definition) is 0. The van der Waals surface area contributed by atoms with Crippen LogP contribution in [0.5, 0.6) is 0 Å². The second-order valence-corrected chi connectivity index (χ2v) is 3.32. The van der Waals surface area contributed by atoms with Gasteiger partial charge in [0.15, 0.2) is 6.26 Å². The van der Waals surface area contributed by atoms with Gasteiger partial charge in [0.2, 0.25) is 0 Å². The molecule has 61 valence electrons. The molecule has 0 bridgehead atoms. The van der Waals surface area contributed by atoms with E-state index in [4.69, 9.17) is 4.42 Å². The lowest BCUT2D eigenvalue weighted by Crippen LogP contribution is -1.84. The third-order valence-corrected chi connectivity index (χ3v) is 2.08. The maximum absolute atomic E-state index is 5.13. The average molecular weight is 159 g/mol. The van der Waals surface area contributed by atoms with E-state index in [-0.39, 0.29) is 0 Å². The van der Waals surface area contributed by atoms with E-state index in [9.17, 15) is 0 Å². The Balaban J connectivity index is 2.60. The summed E-state index contributed by atoms with van der Waals surface area (Å²) in [6.45, 7) is 4.37. The largest absolute Gasteiger partial charge is 0.453 e. The first kappa shape index (κ1) is 7.41. The monoisotopic (exact) mass is 159 g/mol. The van der Waals surface area contributed by atoms with Gasteiger partial charge in [0.1, 0.15) is 5.58 Å². The van der Waals surface area contributed by atoms with Crippen LogP contribution in [0, 0.1) is 6.26 Å². The van der Waals surface area contributed by atoms with E-state index in [2.05, 4.69) is 32.2 Å². The Morgan fingerprint density at radius 1 is 1.33 bits per heavy atom. The zero-order valence-corrected chi connectivity index (χ0v) is 7.29. The van der Waals surface area contributed by atoms with Crippen LogP contribution in [0.4, 0.5) is 0 Å². The quantitative estimate of drug-likeness (QED) is 0.621. The maximum atomic E-state index is 5.13. The molecule has 0 saturated heterocycles. The van der Waals surface area contributed by atoms with Gasteiger partial charge in [-0.05, 0) is 29.7 Å². The molecule has 1 nitrogen and oxygen atoms in total. The van der Waals surface area contributed by atoms with Gasteiger partial charge >= 0.3 is 0 Å². The Kier molecular flexibility index (Phi) is 1.65. The molecule has 0 amide bonds. The van der Waals surface area contributed by atoms with E-state index in [0.717, 1.165) is 11.0 Å². The summed E-state index contributed by atoms with van der Waals surface area (Å²) in [5.41, 5.74) is 2.26. The molecule has 1 aromatic heterocycles. The molecule has 1 radical (unpaired) electrons. The van der Waals surface area contributed by atoms with Crippen LogP contribution >= 0.6 is 0 Å². The minimum absolute atomic E-state index is 0.573. The Morgan fingerprint density at radius 3 is 2.92 bits per heavy atom. The Morgan fingerprint density at radius 2 is 2.17 bits per heavy atom. The van der Waals surface area contributed by atoms with E-state index >= 15 is 0 Å². The summed E-state index contributed by atoms with van der Waals surface area (Å²) in [6.07, 6.45) is 2.73. The SMILES string of the molecule is CC(C)c1ccc2o[c]cc2c1. The molecule has 0 saturated carbocycles. The van der Waals surface area contributed by atoms with Gasteiger partial charge in [0, 0.05) is 5.39 Å². The molecule has 0 atom stereocenters. The zero-order valence-electron chi connectivity index (χ0n) is 7.29. The predicted octanol–water partition coefficient (Wildman–Crippen LogP) is 3.36. The van der Waals surface area contributed by atoms with Crippen LogP contribution in [0.3, 0.4) is 0 Å². The highest BCUT2D eigenvalue weighted by atomic mass is 16.3. The van der Waals surface area contributed by atoms with Crippen molar-refractivity contribution >= 4 is 11.0 Å². The molecular formula is C11H11O. The van der Waals surface area contributed by atoms with Gasteiger partial charge in [-0.2, -0.15) is 0 Å². The molecule has 0 unspecified atom stereocenters. The van der Waals surface area contributed by atoms with Crippen LogP contribution in [0.25, 0.3) is 11.0 Å². The molecule has 0 aliphatic carbocycles. The van der Waals surface area contributed by atoms with Crippen molar-refractivity contribution in [2.75, 3.05) is 0 Å². The minimum Gasteiger partial charge on any atom is -0.453 e. The fraction of sp³-hybridized carbons (Fsp3) is 0.273. The number of benzene rings is 1. The summed E-state index contributed by atoms with van der Waals surface area (Å²) in [5.74, 6) is 0.573. The molecule has 0 aliphatic heterocycles. The van der Waals surface area contributed by atoms with Crippen LogP contribution < -0.4 is 0 Å². The lowest BCUT2D eigenvalue weighted by molar-refractivity contribution is 0.606. The van der Waals surface area contributed by atoms with Crippen LogP contribution in [-0.2, 0) is 0 Å². The summed E-state index contributed by atoms with van der Waals surface area (Å²) < 4.78 is 5.13. The molecule has 2 aromatic rings. The van der Waals surface area contributed by atoms with Gasteiger partial charge < -0.3 is 4.42 Å². The number of hydrogen-bond acceptors (Lipinski definition) is 1. The molecule has 0 fully saturated rings. The van der Waals surface area contributed by atoms with Crippen molar-refractivity contribution < 1.29 is 4.42 Å². The standard InChI is InChI=1S/C11H11O/c1-8(2)9-3-4-11-10(7-9)5-6-12-11/h3-5,7-8H,1-2H3. The van der Waals surface area contributed by atoms with Crippen molar-refractivity contribution in [3.8, 4) is 0 Å². The molecular weight excluding hydrogens is 148 g/mol. The molecule has 12 heavy (non-hydrogen) atoms. The van der Waals surface area contributed by atoms with Gasteiger partial charge in [0.25, 0.3) is 0 Å². The van der Waals surface area contributed by atoms with E-state index in [0.29, 0.717) is 5.92 Å². The van der Waals surface area contributed by atoms with E-state index < -0.39 is 0 Å². The maximum Gasteiger partial charge on any atom is 0.170 e. The number of rotatable bonds is 1. The molecule has 1 heterocycles. The summed E-state index contributed by atoms with van der Waals surface area (Å²) in [4.78, 5) is 0. The first-order valence-electron chi connectivity index (χ1n) is 4.17. The molecule has 2 rings (SSSR count). The summed E-state index contributed by atoms with van der Waals surface area (Å²) in [5, 5.41) is 1.14. The zero-order chi connectivity index (χ0) is 8.55. The van der Waals surface area contributed by atoms with Crippen LogP contribution in [0.2, 0.25) is 0 Å². The van der Waals surface area contributed by atoms with Crippen molar-refractivity contribution in [2.45, 2.75) is 19.8 Å². The molecule has 1 heteroatoms. The summed E-state index contributed by atoms with van der Waals surface area (Å²) >= 11 is 0. The van der Waals surface area contributed by atoms with Gasteiger partial charge in [-0.1, -0.05) is 19.9 Å². The van der Waals surface area contributed by atoms with Gasteiger partial charge in [-0.15, -0.1) is 0 Å². The Bertz CT molecular complexity index is 385. The molecule has 0 aliphatic rings. The second-order valence-electron chi connectivity index (χ2n) is 3.32. The molecule has 0 N–H and O–H groups in total. The van der Waals surface area contributed by atoms with E-state index in [1.54, 1.807) is 0 Å². The summed E-state index contributed by atoms with van der Waals surface area (Å²) in [6, 6.07) is 8.13. The average Bonchev–Trinajstić information content (AvgIpc) is 2.49. The van der Waals surface area contributed by atoms with Gasteiger partial charge in [0.05, 0.1) is 0 Å². The highest BCUT2D eigenvalue weighted by Crippen LogP contribution is 2.21. The first-order chi connectivity index (χ1) is 5.77. The normalized spacial score (nSPS) is 11.2. The van der Waals surface area contributed by atoms with Gasteiger partial charge in [-0.25, -0.2) is 0 Å². The highest BCUT2D eigenvalue weighted by molar-refractivity contribution is 5.77. The van der Waals surface area contributed by atoms with Crippen molar-refractivity contribution in [1.82, 2.24) is 0 Å². The predicted molar refractivity (Wildman–Crippen MR) is 49.1 cm³/mol. The van der Waals surface area contributed by atoms with Crippen LogP contribution in [0.15, 0.2) is 28.7 Å². The third kappa shape index (κ3) is 1.11. The van der Waals surface area contributed by atoms with E-state index in [1.165, 1.54) is 5.56 Å². The minimum atomic E-state index is 0.573. The Hall–Kier alpha value is -1.24. The fourth-order valence-electron chi connectivity index (χ4n) is 1.29. The fourth-order valence-corrected chi connectivity index (χ4v) is 1.29. The number of fused-ring (bicyclic) bond motifs is 1. The second kappa shape index (κ2) is 2.67. The van der Waals surface area contributed by atoms with Crippen LogP contribution in [-0.4, -0.2) is 0 Å². The first-order valence-corrected chi connectivity index (χ1v) is 4.17.